The molecular formula is C64H126ClNO3. The molecule has 0 bridgehead atoms. The molecule has 4 fully saturated rings. The van der Waals surface area contributed by atoms with Gasteiger partial charge in [0.05, 0.1) is 0 Å². The minimum Gasteiger partial charge on any atom is -0.381 e. The number of rotatable bonds is 14. The molecule has 4 unspecified atom stereocenters. The molecule has 412 valence electrons. The SMILES string of the molecule is C1CCOCC1.CC(C)(C)C.CC1CCN(C=O)C1.CC=C1CC1.CC=O.CCC(C)C.CCC(C)C1CCC(C)CC1.CCC(C)CCC(CC)c1ccc(Cl)cc1.CCCC.CCCCCC. The number of nitrogens with zero attached hydrogens (tertiary/aromatic N) is 1. The smallest absolute Gasteiger partial charge is 0.209 e. The summed E-state index contributed by atoms with van der Waals surface area (Å²) in [5.41, 5.74) is 3.57. The third kappa shape index (κ3) is 64.3. The molecule has 5 heteroatoms. The Morgan fingerprint density at radius 2 is 1.14 bits per heavy atom. The molecule has 4 atom stereocenters. The first-order chi connectivity index (χ1) is 32.7. The molecule has 4 aliphatic rings. The van der Waals surface area contributed by atoms with E-state index in [9.17, 15) is 4.79 Å². The molecule has 0 N–H and O–H groups in total. The van der Waals surface area contributed by atoms with Crippen molar-refractivity contribution in [3.8, 4) is 0 Å². The van der Waals surface area contributed by atoms with E-state index < -0.39 is 0 Å². The average Bonchev–Trinajstić information content (AvgIpc) is 4.10. The predicted molar refractivity (Wildman–Crippen MR) is 315 cm³/mol. The highest BCUT2D eigenvalue weighted by Crippen LogP contribution is 2.34. The Morgan fingerprint density at radius 1 is 0.667 bits per heavy atom. The number of likely N-dealkylation sites (tertiary alicyclic amines) is 1. The molecule has 1 amide bonds. The van der Waals surface area contributed by atoms with Gasteiger partial charge in [0.2, 0.25) is 6.41 Å². The Kier molecular flexibility index (Phi) is 61.5. The molecule has 2 saturated heterocycles. The van der Waals surface area contributed by atoms with Crippen LogP contribution in [0.5, 0.6) is 0 Å². The Labute approximate surface area is 440 Å². The summed E-state index contributed by atoms with van der Waals surface area (Å²) in [5, 5.41) is 0.834. The van der Waals surface area contributed by atoms with Crippen molar-refractivity contribution >= 4 is 24.3 Å². The van der Waals surface area contributed by atoms with Crippen LogP contribution < -0.4 is 0 Å². The lowest BCUT2D eigenvalue weighted by atomic mass is 9.76. The molecule has 1 aromatic rings. The second-order valence-electron chi connectivity index (χ2n) is 22.5. The van der Waals surface area contributed by atoms with Crippen LogP contribution >= 0.6 is 11.6 Å². The van der Waals surface area contributed by atoms with Crippen molar-refractivity contribution in [1.29, 1.82) is 0 Å². The van der Waals surface area contributed by atoms with Crippen LogP contribution in [-0.4, -0.2) is 43.9 Å². The lowest BCUT2D eigenvalue weighted by Crippen LogP contribution is -2.18. The van der Waals surface area contributed by atoms with Gasteiger partial charge in [0.15, 0.2) is 0 Å². The molecule has 69 heavy (non-hydrogen) atoms. The van der Waals surface area contributed by atoms with Crippen molar-refractivity contribution in [2.24, 2.45) is 40.9 Å². The van der Waals surface area contributed by atoms with Crippen molar-refractivity contribution in [3.05, 3.63) is 46.5 Å². The number of hydrogen-bond donors (Lipinski definition) is 0. The Balaban J connectivity index is -0.000000230. The largest absolute Gasteiger partial charge is 0.381 e. The molecule has 0 radical (unpaired) electrons. The number of benzene rings is 1. The summed E-state index contributed by atoms with van der Waals surface area (Å²) < 4.78 is 5.07. The van der Waals surface area contributed by atoms with Crippen molar-refractivity contribution in [2.45, 2.75) is 286 Å². The van der Waals surface area contributed by atoms with E-state index in [1.807, 2.05) is 17.0 Å². The topological polar surface area (TPSA) is 46.6 Å². The second kappa shape index (κ2) is 55.7. The number of amides is 1. The lowest BCUT2D eigenvalue weighted by molar-refractivity contribution is -0.117. The fourth-order valence-corrected chi connectivity index (χ4v) is 6.96. The Bertz CT molecular complexity index is 1150. The third-order valence-corrected chi connectivity index (χ3v) is 13.2. The van der Waals surface area contributed by atoms with Gasteiger partial charge in [-0.3, -0.25) is 4.79 Å². The van der Waals surface area contributed by atoms with Crippen molar-refractivity contribution in [2.75, 3.05) is 26.3 Å². The van der Waals surface area contributed by atoms with Crippen molar-refractivity contribution in [1.82, 2.24) is 4.90 Å². The maximum Gasteiger partial charge on any atom is 0.209 e. The van der Waals surface area contributed by atoms with E-state index in [-0.39, 0.29) is 0 Å². The minimum atomic E-state index is 0.500. The fourth-order valence-electron chi connectivity index (χ4n) is 6.83. The highest BCUT2D eigenvalue weighted by Gasteiger charge is 2.21. The van der Waals surface area contributed by atoms with E-state index in [1.54, 1.807) is 5.57 Å². The van der Waals surface area contributed by atoms with E-state index in [4.69, 9.17) is 21.1 Å². The average molecular weight is 993 g/mol. The van der Waals surface area contributed by atoms with Crippen LogP contribution in [0.15, 0.2) is 35.9 Å². The first-order valence-electron chi connectivity index (χ1n) is 29.2. The first kappa shape index (κ1) is 76.3. The number of carbonyl (C=O) groups excluding carboxylic acids is 2. The van der Waals surface area contributed by atoms with Gasteiger partial charge in [0.1, 0.15) is 6.29 Å². The highest BCUT2D eigenvalue weighted by atomic mass is 35.5. The summed E-state index contributed by atoms with van der Waals surface area (Å²) in [6, 6.07) is 8.35. The number of carbonyl (C=O) groups is 2. The molecular weight excluding hydrogens is 866 g/mol. The molecule has 4 nitrogen and oxygen atoms in total. The number of aldehydes is 1. The molecule has 2 aliphatic heterocycles. The summed E-state index contributed by atoms with van der Waals surface area (Å²) in [6.45, 7) is 47.9. The van der Waals surface area contributed by atoms with E-state index in [2.05, 4.69) is 150 Å². The zero-order valence-electron chi connectivity index (χ0n) is 50.5. The molecule has 5 rings (SSSR count). The van der Waals surface area contributed by atoms with Crippen LogP contribution in [0.2, 0.25) is 5.02 Å². The summed E-state index contributed by atoms with van der Waals surface area (Å²) in [4.78, 5) is 20.7. The van der Waals surface area contributed by atoms with Gasteiger partial charge in [0.25, 0.3) is 0 Å². The molecule has 0 aromatic heterocycles. The molecule has 0 spiro atoms. The van der Waals surface area contributed by atoms with E-state index in [0.717, 1.165) is 79.5 Å². The van der Waals surface area contributed by atoms with Gasteiger partial charge in [-0.2, -0.15) is 0 Å². The van der Waals surface area contributed by atoms with Gasteiger partial charge >= 0.3 is 0 Å². The van der Waals surface area contributed by atoms with Crippen LogP contribution in [-0.2, 0) is 14.3 Å². The summed E-state index contributed by atoms with van der Waals surface area (Å²) in [5.74, 6) is 6.19. The summed E-state index contributed by atoms with van der Waals surface area (Å²) in [7, 11) is 0. The van der Waals surface area contributed by atoms with Crippen LogP contribution in [0, 0.1) is 40.9 Å². The number of hydrogen-bond acceptors (Lipinski definition) is 3. The van der Waals surface area contributed by atoms with E-state index in [0.29, 0.717) is 11.3 Å². The zero-order valence-corrected chi connectivity index (χ0v) is 51.3. The van der Waals surface area contributed by atoms with Gasteiger partial charge in [0, 0.05) is 31.3 Å². The highest BCUT2D eigenvalue weighted by molar-refractivity contribution is 6.30. The molecule has 2 heterocycles. The van der Waals surface area contributed by atoms with E-state index in [1.165, 1.54) is 154 Å². The first-order valence-corrected chi connectivity index (χ1v) is 29.6. The zero-order chi connectivity index (χ0) is 53.9. The second-order valence-corrected chi connectivity index (χ2v) is 22.9. The quantitative estimate of drug-likeness (QED) is 0.106. The monoisotopic (exact) mass is 992 g/mol. The van der Waals surface area contributed by atoms with Crippen LogP contribution in [0.3, 0.4) is 0 Å². The predicted octanol–water partition coefficient (Wildman–Crippen LogP) is 21.6. The normalized spacial score (nSPS) is 18.8. The number of unbranched alkanes of at least 4 members (excludes halogenated alkanes) is 4. The number of allylic oxidation sites excluding steroid dienone is 2. The van der Waals surface area contributed by atoms with Crippen LogP contribution in [0.4, 0.5) is 0 Å². The number of halogens is 1. The van der Waals surface area contributed by atoms with Crippen molar-refractivity contribution in [3.63, 3.8) is 0 Å². The third-order valence-electron chi connectivity index (χ3n) is 13.0. The summed E-state index contributed by atoms with van der Waals surface area (Å²) >= 11 is 5.91. The molecule has 2 aliphatic carbocycles. The van der Waals surface area contributed by atoms with Crippen LogP contribution in [0.25, 0.3) is 0 Å². The van der Waals surface area contributed by atoms with Gasteiger partial charge in [-0.25, -0.2) is 0 Å². The van der Waals surface area contributed by atoms with Gasteiger partial charge in [-0.15, -0.1) is 0 Å². The van der Waals surface area contributed by atoms with Gasteiger partial charge in [-0.05, 0) is 143 Å². The molecule has 1 aromatic carbocycles. The number of ether oxygens (including phenoxy) is 1. The summed E-state index contributed by atoms with van der Waals surface area (Å²) in [6.07, 6.45) is 33.7. The van der Waals surface area contributed by atoms with Gasteiger partial charge < -0.3 is 14.4 Å². The maximum atomic E-state index is 10.1. The van der Waals surface area contributed by atoms with Gasteiger partial charge in [-0.1, -0.05) is 237 Å². The minimum absolute atomic E-state index is 0.500. The Morgan fingerprint density at radius 3 is 1.39 bits per heavy atom. The van der Waals surface area contributed by atoms with Crippen LogP contribution in [0.1, 0.15) is 291 Å². The fraction of sp³-hybridized carbons (Fsp3) is 0.844. The van der Waals surface area contributed by atoms with E-state index >= 15 is 0 Å². The maximum absolute atomic E-state index is 10.1. The van der Waals surface area contributed by atoms with Crippen molar-refractivity contribution < 1.29 is 14.3 Å². The Hall–Kier alpha value is -1.65. The molecule has 2 saturated carbocycles. The standard InChI is InChI=1S/C15H23Cl.C11H22.C6H11NO.C6H14.C5H10O.C5H8.2C5H12.C4H10.C2H4O/c1-4-12(3)6-7-13(5-2)14-8-10-15(16)11-9-14;1-4-10(3)11-7-5-9(2)6-8-11;1-6-2-3-7(4-6)5-8;1-3-5-6-4-2;1-2-4-6-5-3-1;1-2-5-3-4-5;1-5(2,3)4;1-4-5(2)3;1-3-4-2;1-2-3/h8-13H,4-7H2,1-3H3;9-11H,4-8H2,1-3H3;5-6H,2-4H2,1H3;3-6H2,1-2H3;1-5H2;2H,3-4H2,1H3;1-4H3;5H,4H2,1-3H3;3-4H2,1-2H3;2H,1H3. The lowest BCUT2D eigenvalue weighted by Gasteiger charge is -2.30.